The highest BCUT2D eigenvalue weighted by atomic mass is 32.1. The van der Waals surface area contributed by atoms with Crippen LogP contribution in [0, 0.1) is 0 Å². The first-order valence-electron chi connectivity index (χ1n) is 11.3. The number of imide groups is 1. The summed E-state index contributed by atoms with van der Waals surface area (Å²) in [7, 11) is 1.56. The number of aromatic nitrogens is 1. The van der Waals surface area contributed by atoms with E-state index < -0.39 is 17.5 Å². The van der Waals surface area contributed by atoms with Crippen molar-refractivity contribution in [2.24, 2.45) is 0 Å². The van der Waals surface area contributed by atoms with E-state index in [0.717, 1.165) is 28.3 Å². The zero-order valence-corrected chi connectivity index (χ0v) is 19.9. The Morgan fingerprint density at radius 3 is 2.53 bits per heavy atom. The molecule has 9 heteroatoms. The summed E-state index contributed by atoms with van der Waals surface area (Å²) in [5.74, 6) is 0.326. The molecule has 1 aromatic heterocycles. The van der Waals surface area contributed by atoms with Crippen molar-refractivity contribution >= 4 is 39.4 Å². The molecule has 2 aliphatic rings. The van der Waals surface area contributed by atoms with E-state index in [9.17, 15) is 14.4 Å². The van der Waals surface area contributed by atoms with Crippen molar-refractivity contribution in [2.45, 2.75) is 31.2 Å². The van der Waals surface area contributed by atoms with Crippen LogP contribution < -0.4 is 10.1 Å². The maximum absolute atomic E-state index is 13.2. The van der Waals surface area contributed by atoms with E-state index in [4.69, 9.17) is 9.72 Å². The number of carbonyl (C=O) groups is 3. The second kappa shape index (κ2) is 8.72. The van der Waals surface area contributed by atoms with Crippen molar-refractivity contribution in [3.63, 3.8) is 0 Å². The van der Waals surface area contributed by atoms with Gasteiger partial charge in [-0.3, -0.25) is 14.5 Å². The second-order valence-electron chi connectivity index (χ2n) is 8.85. The molecule has 0 aliphatic carbocycles. The molecular weight excluding hydrogens is 452 g/mol. The number of methoxy groups -OCH3 is 1. The minimum Gasteiger partial charge on any atom is -0.497 e. The zero-order valence-electron chi connectivity index (χ0n) is 19.1. The van der Waals surface area contributed by atoms with Gasteiger partial charge in [0.15, 0.2) is 0 Å². The zero-order chi connectivity index (χ0) is 23.9. The minimum absolute atomic E-state index is 0.217. The lowest BCUT2D eigenvalue weighted by Gasteiger charge is -2.32. The summed E-state index contributed by atoms with van der Waals surface area (Å²) in [6, 6.07) is 14.5. The van der Waals surface area contributed by atoms with Crippen molar-refractivity contribution in [3.8, 4) is 5.75 Å². The quantitative estimate of drug-likeness (QED) is 0.567. The lowest BCUT2D eigenvalue weighted by molar-refractivity contribution is -0.139. The summed E-state index contributed by atoms with van der Waals surface area (Å²) in [6.07, 6.45) is 1.63. The van der Waals surface area contributed by atoms with Gasteiger partial charge in [0.25, 0.3) is 5.91 Å². The van der Waals surface area contributed by atoms with E-state index in [0.29, 0.717) is 30.3 Å². The molecule has 8 nitrogen and oxygen atoms in total. The van der Waals surface area contributed by atoms with Gasteiger partial charge in [-0.1, -0.05) is 24.3 Å². The first-order chi connectivity index (χ1) is 16.4. The highest BCUT2D eigenvalue weighted by Crippen LogP contribution is 2.34. The van der Waals surface area contributed by atoms with Crippen LogP contribution in [-0.2, 0) is 15.1 Å². The molecular formula is C25H26N4O4S. The number of likely N-dealkylation sites (tertiary alicyclic amines) is 1. The van der Waals surface area contributed by atoms with Crippen LogP contribution in [0.1, 0.15) is 36.3 Å². The lowest BCUT2D eigenvalue weighted by Crippen LogP contribution is -2.46. The average molecular weight is 479 g/mol. The van der Waals surface area contributed by atoms with Crippen molar-refractivity contribution in [1.29, 1.82) is 0 Å². The lowest BCUT2D eigenvalue weighted by atomic mass is 9.92. The van der Waals surface area contributed by atoms with Crippen molar-refractivity contribution in [2.75, 3.05) is 26.7 Å². The molecule has 4 amide bonds. The topological polar surface area (TPSA) is 91.8 Å². The largest absolute Gasteiger partial charge is 0.497 e. The molecule has 1 atom stereocenters. The number of para-hydroxylation sites is 1. The third-order valence-electron chi connectivity index (χ3n) is 6.74. The highest BCUT2D eigenvalue weighted by Gasteiger charge is 2.49. The van der Waals surface area contributed by atoms with Gasteiger partial charge in [-0.2, -0.15) is 0 Å². The van der Waals surface area contributed by atoms with Crippen LogP contribution in [-0.4, -0.2) is 59.4 Å². The monoisotopic (exact) mass is 478 g/mol. The number of carbonyl (C=O) groups excluding carboxylic acids is 3. The number of benzene rings is 2. The Labute approximate surface area is 201 Å². The average Bonchev–Trinajstić information content (AvgIpc) is 3.39. The van der Waals surface area contributed by atoms with Gasteiger partial charge in [-0.15, -0.1) is 11.3 Å². The Bertz CT molecular complexity index is 1220. The molecule has 3 heterocycles. The Balaban J connectivity index is 1.22. The van der Waals surface area contributed by atoms with Gasteiger partial charge in [0.1, 0.15) is 17.8 Å². The van der Waals surface area contributed by atoms with Gasteiger partial charge in [-0.05, 0) is 49.6 Å². The summed E-state index contributed by atoms with van der Waals surface area (Å²) >= 11 is 1.71. The molecule has 2 saturated heterocycles. The minimum atomic E-state index is -1.22. The number of piperidine rings is 1. The number of nitrogens with zero attached hydrogens (tertiary/aromatic N) is 3. The van der Waals surface area contributed by atoms with E-state index in [1.54, 1.807) is 54.5 Å². The van der Waals surface area contributed by atoms with Crippen molar-refractivity contribution < 1.29 is 19.1 Å². The van der Waals surface area contributed by atoms with Gasteiger partial charge in [0.05, 0.1) is 22.3 Å². The fourth-order valence-electron chi connectivity index (χ4n) is 4.64. The van der Waals surface area contributed by atoms with E-state index in [-0.39, 0.29) is 12.5 Å². The maximum Gasteiger partial charge on any atom is 0.325 e. The molecule has 5 rings (SSSR count). The molecule has 1 unspecified atom stereocenters. The number of thiazole rings is 1. The van der Waals surface area contributed by atoms with Gasteiger partial charge in [0.2, 0.25) is 5.91 Å². The van der Waals surface area contributed by atoms with Crippen LogP contribution in [0.25, 0.3) is 10.2 Å². The van der Waals surface area contributed by atoms with Crippen LogP contribution in [0.4, 0.5) is 4.79 Å². The number of hydrogen-bond acceptors (Lipinski definition) is 6. The molecule has 176 valence electrons. The number of fused-ring (bicyclic) bond motifs is 1. The molecule has 1 N–H and O–H groups in total. The summed E-state index contributed by atoms with van der Waals surface area (Å²) in [4.78, 5) is 46.3. The Morgan fingerprint density at radius 2 is 1.85 bits per heavy atom. The fourth-order valence-corrected chi connectivity index (χ4v) is 5.77. The molecule has 3 aromatic rings. The number of nitrogens with one attached hydrogen (secondary N) is 1. The summed E-state index contributed by atoms with van der Waals surface area (Å²) < 4.78 is 6.34. The first-order valence-corrected chi connectivity index (χ1v) is 12.1. The third kappa shape index (κ3) is 3.90. The summed E-state index contributed by atoms with van der Waals surface area (Å²) in [5, 5.41) is 3.86. The van der Waals surface area contributed by atoms with Crippen LogP contribution in [0.2, 0.25) is 0 Å². The van der Waals surface area contributed by atoms with Crippen LogP contribution >= 0.6 is 11.3 Å². The van der Waals surface area contributed by atoms with Crippen molar-refractivity contribution in [3.05, 3.63) is 59.1 Å². The van der Waals surface area contributed by atoms with E-state index in [1.165, 1.54) is 4.70 Å². The van der Waals surface area contributed by atoms with E-state index in [1.807, 2.05) is 18.2 Å². The molecule has 0 spiro atoms. The molecule has 34 heavy (non-hydrogen) atoms. The molecule has 0 bridgehead atoms. The Hall–Kier alpha value is -3.46. The number of ether oxygens (including phenoxy) is 1. The summed E-state index contributed by atoms with van der Waals surface area (Å²) in [6.45, 7) is 2.56. The number of hydrogen-bond donors (Lipinski definition) is 1. The van der Waals surface area contributed by atoms with E-state index >= 15 is 0 Å². The Morgan fingerprint density at radius 1 is 1.15 bits per heavy atom. The first kappa shape index (κ1) is 22.3. The van der Waals surface area contributed by atoms with Crippen LogP contribution in [0.3, 0.4) is 0 Å². The predicted octanol–water partition coefficient (Wildman–Crippen LogP) is 3.48. The molecule has 2 fully saturated rings. The highest BCUT2D eigenvalue weighted by molar-refractivity contribution is 7.18. The van der Waals surface area contributed by atoms with Crippen LogP contribution in [0.5, 0.6) is 5.75 Å². The maximum atomic E-state index is 13.2. The van der Waals surface area contributed by atoms with E-state index in [2.05, 4.69) is 11.4 Å². The van der Waals surface area contributed by atoms with Gasteiger partial charge in [-0.25, -0.2) is 9.78 Å². The predicted molar refractivity (Wildman–Crippen MR) is 129 cm³/mol. The number of amides is 4. The number of rotatable bonds is 5. The number of urea groups is 1. The summed E-state index contributed by atoms with van der Waals surface area (Å²) in [5.41, 5.74) is 0.432. The fraction of sp³-hybridized carbons (Fsp3) is 0.360. The SMILES string of the molecule is COc1ccc(C2(C)NC(=O)N(CC(=O)N3CCC(c4nc5ccccc5s4)CC3)C2=O)cc1. The molecule has 0 saturated carbocycles. The third-order valence-corrected chi connectivity index (χ3v) is 7.94. The van der Waals surface area contributed by atoms with Crippen LogP contribution in [0.15, 0.2) is 48.5 Å². The van der Waals surface area contributed by atoms with Gasteiger partial charge in [0, 0.05) is 19.0 Å². The smallest absolute Gasteiger partial charge is 0.325 e. The van der Waals surface area contributed by atoms with Gasteiger partial charge >= 0.3 is 6.03 Å². The van der Waals surface area contributed by atoms with Gasteiger partial charge < -0.3 is 15.0 Å². The standard InChI is InChI=1S/C25H26N4O4S/c1-25(17-7-9-18(33-2)10-8-17)23(31)29(24(32)27-25)15-21(30)28-13-11-16(12-14-28)22-26-19-5-3-4-6-20(19)34-22/h3-10,16H,11-15H2,1-2H3,(H,27,32). The second-order valence-corrected chi connectivity index (χ2v) is 9.91. The van der Waals surface area contributed by atoms with Crippen molar-refractivity contribution in [1.82, 2.24) is 20.1 Å². The molecule has 2 aliphatic heterocycles. The molecule has 0 radical (unpaired) electrons. The Kier molecular flexibility index (Phi) is 5.73. The molecule has 2 aromatic carbocycles. The normalized spacial score (nSPS) is 21.2.